The van der Waals surface area contributed by atoms with Gasteiger partial charge in [-0.2, -0.15) is 0 Å². The molecule has 1 unspecified atom stereocenters. The molecule has 1 N–H and O–H groups in total. The lowest BCUT2D eigenvalue weighted by molar-refractivity contribution is 0.0944. The molecule has 0 spiro atoms. The number of aromatic nitrogens is 2. The number of benzene rings is 1. The van der Waals surface area contributed by atoms with Crippen molar-refractivity contribution in [2.45, 2.75) is 13.0 Å². The van der Waals surface area contributed by atoms with Gasteiger partial charge in [-0.3, -0.25) is 4.79 Å². The molecule has 24 heavy (non-hydrogen) atoms. The highest BCUT2D eigenvalue weighted by Crippen LogP contribution is 2.29. The van der Waals surface area contributed by atoms with E-state index in [4.69, 9.17) is 4.74 Å². The van der Waals surface area contributed by atoms with Gasteiger partial charge in [-0.15, -0.1) is 11.3 Å². The summed E-state index contributed by atoms with van der Waals surface area (Å²) < 4.78 is 7.38. The first-order valence-corrected chi connectivity index (χ1v) is 8.45. The van der Waals surface area contributed by atoms with E-state index in [-0.39, 0.29) is 5.91 Å². The van der Waals surface area contributed by atoms with Crippen molar-refractivity contribution in [2.75, 3.05) is 7.11 Å². The van der Waals surface area contributed by atoms with Gasteiger partial charge >= 0.3 is 0 Å². The predicted molar refractivity (Wildman–Crippen MR) is 94.6 cm³/mol. The summed E-state index contributed by atoms with van der Waals surface area (Å²) in [5.41, 5.74) is 1.84. The normalized spacial score (nSPS) is 12.0. The van der Waals surface area contributed by atoms with Crippen LogP contribution in [-0.4, -0.2) is 22.6 Å². The Labute approximate surface area is 144 Å². The quantitative estimate of drug-likeness (QED) is 0.774. The Kier molecular flexibility index (Phi) is 4.66. The van der Waals surface area contributed by atoms with Crippen LogP contribution >= 0.6 is 11.3 Å². The highest BCUT2D eigenvalue weighted by Gasteiger charge is 2.25. The number of amides is 1. The van der Waals surface area contributed by atoms with Crippen LogP contribution in [0.5, 0.6) is 5.75 Å². The first-order chi connectivity index (χ1) is 11.6. The minimum atomic E-state index is -0.393. The number of hydrogen-bond donors (Lipinski definition) is 1. The number of nitrogens with one attached hydrogen (secondary N) is 1. The second kappa shape index (κ2) is 6.88. The van der Waals surface area contributed by atoms with Crippen LogP contribution in [0.1, 0.15) is 32.7 Å². The van der Waals surface area contributed by atoms with E-state index in [0.717, 1.165) is 17.0 Å². The maximum atomic E-state index is 12.7. The van der Waals surface area contributed by atoms with Crippen molar-refractivity contribution in [3.8, 4) is 5.75 Å². The topological polar surface area (TPSA) is 56.1 Å². The number of nitrogens with zero attached hydrogens (tertiary/aromatic N) is 2. The molecule has 3 aromatic rings. The first-order valence-electron chi connectivity index (χ1n) is 7.57. The SMILES string of the molecule is COc1ccccc1C(NC(=O)c1sccc1C)c1nccn1C. The number of ether oxygens (including phenoxy) is 1. The largest absolute Gasteiger partial charge is 0.496 e. The zero-order valence-corrected chi connectivity index (χ0v) is 14.6. The second-order valence-corrected chi connectivity index (χ2v) is 6.39. The highest BCUT2D eigenvalue weighted by molar-refractivity contribution is 7.12. The van der Waals surface area contributed by atoms with Gasteiger partial charge in [0.25, 0.3) is 5.91 Å². The Bertz CT molecular complexity index is 853. The zero-order valence-electron chi connectivity index (χ0n) is 13.8. The number of imidazole rings is 1. The minimum Gasteiger partial charge on any atom is -0.496 e. The van der Waals surface area contributed by atoms with E-state index in [2.05, 4.69) is 10.3 Å². The standard InChI is InChI=1S/C18H19N3O2S/c1-12-8-11-24-16(12)18(22)20-15(17-19-9-10-21(17)2)13-6-4-5-7-14(13)23-3/h4-11,15H,1-3H3,(H,20,22). The van der Waals surface area contributed by atoms with E-state index in [1.165, 1.54) is 11.3 Å². The summed E-state index contributed by atoms with van der Waals surface area (Å²) in [6.07, 6.45) is 3.58. The maximum Gasteiger partial charge on any atom is 0.262 e. The van der Waals surface area contributed by atoms with Gasteiger partial charge in [0.15, 0.2) is 0 Å². The first kappa shape index (κ1) is 16.3. The smallest absolute Gasteiger partial charge is 0.262 e. The van der Waals surface area contributed by atoms with E-state index in [0.29, 0.717) is 10.6 Å². The average molecular weight is 341 g/mol. The number of thiophene rings is 1. The molecular formula is C18H19N3O2S. The molecule has 0 radical (unpaired) electrons. The van der Waals surface area contributed by atoms with Crippen LogP contribution in [0.15, 0.2) is 48.1 Å². The monoisotopic (exact) mass is 341 g/mol. The molecule has 6 heteroatoms. The Balaban J connectivity index is 2.02. The van der Waals surface area contributed by atoms with Crippen LogP contribution in [0.2, 0.25) is 0 Å². The van der Waals surface area contributed by atoms with Gasteiger partial charge in [0, 0.05) is 25.0 Å². The van der Waals surface area contributed by atoms with E-state index in [9.17, 15) is 4.79 Å². The number of hydrogen-bond acceptors (Lipinski definition) is 4. The summed E-state index contributed by atoms with van der Waals surface area (Å²) in [6, 6.07) is 9.21. The molecule has 0 bridgehead atoms. The molecule has 124 valence electrons. The van der Waals surface area contributed by atoms with Crippen molar-refractivity contribution in [3.63, 3.8) is 0 Å². The van der Waals surface area contributed by atoms with E-state index in [1.807, 2.05) is 60.4 Å². The van der Waals surface area contributed by atoms with E-state index in [1.54, 1.807) is 13.3 Å². The Hall–Kier alpha value is -2.60. The van der Waals surface area contributed by atoms with Crippen LogP contribution in [0.4, 0.5) is 0 Å². The fraction of sp³-hybridized carbons (Fsp3) is 0.222. The molecule has 2 aromatic heterocycles. The lowest BCUT2D eigenvalue weighted by atomic mass is 10.0. The molecule has 1 atom stereocenters. The van der Waals surface area contributed by atoms with Crippen LogP contribution in [0, 0.1) is 6.92 Å². The average Bonchev–Trinajstić information content (AvgIpc) is 3.21. The number of carbonyl (C=O) groups is 1. The summed E-state index contributed by atoms with van der Waals surface area (Å²) in [6.45, 7) is 1.93. The summed E-state index contributed by atoms with van der Waals surface area (Å²) in [5, 5.41) is 5.02. The third-order valence-electron chi connectivity index (χ3n) is 3.91. The van der Waals surface area contributed by atoms with Crippen LogP contribution in [0.3, 0.4) is 0 Å². The van der Waals surface area contributed by atoms with Gasteiger partial charge in [-0.05, 0) is 30.0 Å². The highest BCUT2D eigenvalue weighted by atomic mass is 32.1. The van der Waals surface area contributed by atoms with Gasteiger partial charge < -0.3 is 14.6 Å². The lowest BCUT2D eigenvalue weighted by Crippen LogP contribution is -2.31. The summed E-state index contributed by atoms with van der Waals surface area (Å²) >= 11 is 1.44. The maximum absolute atomic E-state index is 12.7. The molecule has 0 aliphatic rings. The van der Waals surface area contributed by atoms with Gasteiger partial charge in [0.2, 0.25) is 0 Å². The molecule has 0 aliphatic heterocycles. The molecule has 0 fully saturated rings. The Morgan fingerprint density at radius 1 is 1.33 bits per heavy atom. The fourth-order valence-corrected chi connectivity index (χ4v) is 3.47. The van der Waals surface area contributed by atoms with Gasteiger partial charge in [0.05, 0.1) is 12.0 Å². The lowest BCUT2D eigenvalue weighted by Gasteiger charge is -2.21. The van der Waals surface area contributed by atoms with E-state index >= 15 is 0 Å². The molecule has 2 heterocycles. The number of aryl methyl sites for hydroxylation is 2. The van der Waals surface area contributed by atoms with Crippen LogP contribution < -0.4 is 10.1 Å². The second-order valence-electron chi connectivity index (χ2n) is 5.48. The summed E-state index contributed by atoms with van der Waals surface area (Å²) in [7, 11) is 3.53. The van der Waals surface area contributed by atoms with Crippen molar-refractivity contribution in [3.05, 3.63) is 69.9 Å². The molecule has 0 aliphatic carbocycles. The van der Waals surface area contributed by atoms with Gasteiger partial charge in [-0.1, -0.05) is 18.2 Å². The minimum absolute atomic E-state index is 0.110. The molecule has 1 aromatic carbocycles. The van der Waals surface area contributed by atoms with Crippen molar-refractivity contribution in [1.29, 1.82) is 0 Å². The molecule has 0 saturated carbocycles. The number of para-hydroxylation sites is 1. The van der Waals surface area contributed by atoms with Crippen molar-refractivity contribution in [1.82, 2.24) is 14.9 Å². The zero-order chi connectivity index (χ0) is 17.1. The summed E-state index contributed by atoms with van der Waals surface area (Å²) in [5.74, 6) is 1.36. The molecular weight excluding hydrogens is 322 g/mol. The van der Waals surface area contributed by atoms with Crippen LogP contribution in [0.25, 0.3) is 0 Å². The fourth-order valence-electron chi connectivity index (χ4n) is 2.64. The van der Waals surface area contributed by atoms with Crippen molar-refractivity contribution >= 4 is 17.2 Å². The molecule has 1 amide bonds. The van der Waals surface area contributed by atoms with Crippen molar-refractivity contribution < 1.29 is 9.53 Å². The number of methoxy groups -OCH3 is 1. The number of rotatable bonds is 5. The third-order valence-corrected chi connectivity index (χ3v) is 4.93. The molecule has 3 rings (SSSR count). The Morgan fingerprint density at radius 2 is 2.12 bits per heavy atom. The molecule has 0 saturated heterocycles. The van der Waals surface area contributed by atoms with Crippen LogP contribution in [-0.2, 0) is 7.05 Å². The van der Waals surface area contributed by atoms with Crippen molar-refractivity contribution in [2.24, 2.45) is 7.05 Å². The van der Waals surface area contributed by atoms with Gasteiger partial charge in [0.1, 0.15) is 17.6 Å². The predicted octanol–water partition coefficient (Wildman–Crippen LogP) is 3.32. The third kappa shape index (κ3) is 3.05. The van der Waals surface area contributed by atoms with E-state index < -0.39 is 6.04 Å². The molecule has 5 nitrogen and oxygen atoms in total. The van der Waals surface area contributed by atoms with Gasteiger partial charge in [-0.25, -0.2) is 4.98 Å². The summed E-state index contributed by atoms with van der Waals surface area (Å²) in [4.78, 5) is 17.9. The Morgan fingerprint density at radius 3 is 2.75 bits per heavy atom. The number of carbonyl (C=O) groups excluding carboxylic acids is 1.